The molecule has 0 aliphatic rings. The molecular weight excluding hydrogens is 268 g/mol. The van der Waals surface area contributed by atoms with E-state index in [1.165, 1.54) is 7.11 Å². The number of sulfonamides is 1. The van der Waals surface area contributed by atoms with Gasteiger partial charge in [0.05, 0.1) is 19.5 Å². The molecule has 0 aliphatic carbocycles. The molecule has 0 saturated heterocycles. The van der Waals surface area contributed by atoms with Crippen LogP contribution in [0.1, 0.15) is 0 Å². The van der Waals surface area contributed by atoms with E-state index < -0.39 is 10.0 Å². The minimum Gasteiger partial charge on any atom is -0.497 e. The minimum absolute atomic E-state index is 0.0170. The van der Waals surface area contributed by atoms with Crippen molar-refractivity contribution in [2.45, 2.75) is 4.90 Å². The zero-order chi connectivity index (χ0) is 13.9. The Balaban J connectivity index is 2.23. The van der Waals surface area contributed by atoms with Crippen LogP contribution < -0.4 is 15.2 Å². The van der Waals surface area contributed by atoms with E-state index in [0.29, 0.717) is 11.4 Å². The molecule has 1 aromatic heterocycles. The van der Waals surface area contributed by atoms with Gasteiger partial charge in [0.1, 0.15) is 10.6 Å². The summed E-state index contributed by atoms with van der Waals surface area (Å²) in [4.78, 5) is 7.23. The number of nitrogens with two attached hydrogens (primary N) is 1. The number of nitrogens with one attached hydrogen (secondary N) is 1. The van der Waals surface area contributed by atoms with Crippen molar-refractivity contribution < 1.29 is 13.2 Å². The van der Waals surface area contributed by atoms with E-state index in [9.17, 15) is 8.42 Å². The van der Waals surface area contributed by atoms with Gasteiger partial charge in [-0.05, 0) is 24.3 Å². The number of hydrogen-bond acceptors (Lipinski definition) is 6. The van der Waals surface area contributed by atoms with Gasteiger partial charge in [-0.3, -0.25) is 4.72 Å². The van der Waals surface area contributed by atoms with Gasteiger partial charge in [-0.25, -0.2) is 18.4 Å². The summed E-state index contributed by atoms with van der Waals surface area (Å²) in [6.45, 7) is 0. The smallest absolute Gasteiger partial charge is 0.264 e. The fourth-order valence-electron chi connectivity index (χ4n) is 1.34. The summed E-state index contributed by atoms with van der Waals surface area (Å²) >= 11 is 0. The van der Waals surface area contributed by atoms with E-state index in [1.54, 1.807) is 24.3 Å². The molecule has 8 heteroatoms. The van der Waals surface area contributed by atoms with Crippen molar-refractivity contribution in [2.75, 3.05) is 17.6 Å². The number of benzene rings is 1. The third-order valence-electron chi connectivity index (χ3n) is 2.30. The first-order valence-electron chi connectivity index (χ1n) is 5.25. The van der Waals surface area contributed by atoms with Crippen LogP contribution in [-0.4, -0.2) is 25.5 Å². The first-order chi connectivity index (χ1) is 9.01. The molecule has 0 spiro atoms. The second-order valence-corrected chi connectivity index (χ2v) is 5.29. The van der Waals surface area contributed by atoms with Crippen LogP contribution in [0.2, 0.25) is 0 Å². The number of methoxy groups -OCH3 is 1. The zero-order valence-electron chi connectivity index (χ0n) is 10.1. The summed E-state index contributed by atoms with van der Waals surface area (Å²) in [5.41, 5.74) is 5.72. The molecule has 0 unspecified atom stereocenters. The van der Waals surface area contributed by atoms with E-state index in [0.717, 1.165) is 12.4 Å². The third kappa shape index (κ3) is 3.10. The fraction of sp³-hybridized carbons (Fsp3) is 0.0909. The molecule has 0 bridgehead atoms. The number of ether oxygens (including phenoxy) is 1. The second-order valence-electron chi connectivity index (χ2n) is 3.61. The number of rotatable bonds is 4. The van der Waals surface area contributed by atoms with Gasteiger partial charge in [0, 0.05) is 5.69 Å². The standard InChI is InChI=1S/C11H12N4O3S/c1-18-9-4-2-8(3-5-9)15-19(16,17)10-6-13-11(12)14-7-10/h2-7,15H,1H3,(H2,12,13,14). The number of anilines is 2. The lowest BCUT2D eigenvalue weighted by Gasteiger charge is -2.08. The van der Waals surface area contributed by atoms with Crippen LogP contribution in [0.15, 0.2) is 41.6 Å². The predicted molar refractivity (Wildman–Crippen MR) is 70.2 cm³/mol. The summed E-state index contributed by atoms with van der Waals surface area (Å²) in [5, 5.41) is 0. The van der Waals surface area contributed by atoms with Gasteiger partial charge in [-0.15, -0.1) is 0 Å². The quantitative estimate of drug-likeness (QED) is 0.860. The van der Waals surface area contributed by atoms with Gasteiger partial charge in [-0.1, -0.05) is 0 Å². The van der Waals surface area contributed by atoms with Gasteiger partial charge >= 0.3 is 0 Å². The highest BCUT2D eigenvalue weighted by Crippen LogP contribution is 2.18. The summed E-state index contributed by atoms with van der Waals surface area (Å²) in [6, 6.07) is 6.48. The molecule has 2 rings (SSSR count). The van der Waals surface area contributed by atoms with Crippen molar-refractivity contribution in [2.24, 2.45) is 0 Å². The third-order valence-corrected chi connectivity index (χ3v) is 3.64. The van der Waals surface area contributed by atoms with E-state index >= 15 is 0 Å². The van der Waals surface area contributed by atoms with Crippen LogP contribution in [0.5, 0.6) is 5.75 Å². The first kappa shape index (κ1) is 13.1. The van der Waals surface area contributed by atoms with Crippen LogP contribution in [0.25, 0.3) is 0 Å². The van der Waals surface area contributed by atoms with Gasteiger partial charge in [0.25, 0.3) is 10.0 Å². The molecule has 1 heterocycles. The SMILES string of the molecule is COc1ccc(NS(=O)(=O)c2cnc(N)nc2)cc1. The minimum atomic E-state index is -3.72. The lowest BCUT2D eigenvalue weighted by molar-refractivity contribution is 0.415. The van der Waals surface area contributed by atoms with Gasteiger partial charge in [0.2, 0.25) is 5.95 Å². The predicted octanol–water partition coefficient (Wildman–Crippen LogP) is 0.868. The Morgan fingerprint density at radius 2 is 1.74 bits per heavy atom. The lowest BCUT2D eigenvalue weighted by Crippen LogP contribution is -2.13. The maximum atomic E-state index is 12.0. The number of nitrogen functional groups attached to an aromatic ring is 1. The van der Waals surface area contributed by atoms with Crippen LogP contribution in [0, 0.1) is 0 Å². The van der Waals surface area contributed by atoms with Crippen molar-refractivity contribution in [1.82, 2.24) is 9.97 Å². The molecular formula is C11H12N4O3S. The largest absolute Gasteiger partial charge is 0.497 e. The van der Waals surface area contributed by atoms with Gasteiger partial charge < -0.3 is 10.5 Å². The Morgan fingerprint density at radius 1 is 1.16 bits per heavy atom. The van der Waals surface area contributed by atoms with E-state index in [2.05, 4.69) is 14.7 Å². The topological polar surface area (TPSA) is 107 Å². The van der Waals surface area contributed by atoms with Crippen LogP contribution in [-0.2, 0) is 10.0 Å². The Morgan fingerprint density at radius 3 is 2.26 bits per heavy atom. The number of aromatic nitrogens is 2. The molecule has 100 valence electrons. The highest BCUT2D eigenvalue weighted by atomic mass is 32.2. The maximum Gasteiger partial charge on any atom is 0.264 e. The van der Waals surface area contributed by atoms with E-state index in [4.69, 9.17) is 10.5 Å². The molecule has 2 aromatic rings. The molecule has 1 aromatic carbocycles. The molecule has 0 atom stereocenters. The molecule has 0 fully saturated rings. The Kier molecular flexibility index (Phi) is 3.52. The molecule has 0 amide bonds. The zero-order valence-corrected chi connectivity index (χ0v) is 10.9. The normalized spacial score (nSPS) is 11.0. The average Bonchev–Trinajstić information content (AvgIpc) is 2.40. The lowest BCUT2D eigenvalue weighted by atomic mass is 10.3. The number of hydrogen-bond donors (Lipinski definition) is 2. The molecule has 3 N–H and O–H groups in total. The van der Waals surface area contributed by atoms with Crippen molar-refractivity contribution in [3.05, 3.63) is 36.7 Å². The van der Waals surface area contributed by atoms with E-state index in [-0.39, 0.29) is 10.8 Å². The Hall–Kier alpha value is -2.35. The highest BCUT2D eigenvalue weighted by Gasteiger charge is 2.15. The summed E-state index contributed by atoms with van der Waals surface area (Å²) in [7, 11) is -2.19. The number of nitrogens with zero attached hydrogens (tertiary/aromatic N) is 2. The van der Waals surface area contributed by atoms with Gasteiger partial charge in [-0.2, -0.15) is 0 Å². The van der Waals surface area contributed by atoms with Crippen molar-refractivity contribution in [1.29, 1.82) is 0 Å². The van der Waals surface area contributed by atoms with Crippen LogP contribution >= 0.6 is 0 Å². The summed E-state index contributed by atoms with van der Waals surface area (Å²) in [6.07, 6.45) is 2.29. The molecule has 19 heavy (non-hydrogen) atoms. The molecule has 7 nitrogen and oxygen atoms in total. The van der Waals surface area contributed by atoms with Crippen molar-refractivity contribution >= 4 is 21.7 Å². The molecule has 0 saturated carbocycles. The molecule has 0 radical (unpaired) electrons. The fourth-order valence-corrected chi connectivity index (χ4v) is 2.29. The highest BCUT2D eigenvalue weighted by molar-refractivity contribution is 7.92. The van der Waals surface area contributed by atoms with Gasteiger partial charge in [0.15, 0.2) is 0 Å². The molecule has 0 aliphatic heterocycles. The monoisotopic (exact) mass is 280 g/mol. The van der Waals surface area contributed by atoms with Crippen LogP contribution in [0.3, 0.4) is 0 Å². The maximum absolute atomic E-state index is 12.0. The van der Waals surface area contributed by atoms with E-state index in [1.807, 2.05) is 0 Å². The first-order valence-corrected chi connectivity index (χ1v) is 6.74. The average molecular weight is 280 g/mol. The summed E-state index contributed by atoms with van der Waals surface area (Å²) < 4.78 is 31.4. The Labute approximate surface area is 110 Å². The van der Waals surface area contributed by atoms with Crippen LogP contribution in [0.4, 0.5) is 11.6 Å². The second kappa shape index (κ2) is 5.11. The van der Waals surface area contributed by atoms with Crippen molar-refractivity contribution in [3.63, 3.8) is 0 Å². The van der Waals surface area contributed by atoms with Crippen molar-refractivity contribution in [3.8, 4) is 5.75 Å². The Bertz CT molecular complexity index is 653. The summed E-state index contributed by atoms with van der Waals surface area (Å²) in [5.74, 6) is 0.655.